The molecule has 0 unspecified atom stereocenters. The van der Waals surface area contributed by atoms with Crippen LogP contribution in [0.25, 0.3) is 10.4 Å². The summed E-state index contributed by atoms with van der Waals surface area (Å²) in [6.45, 7) is 1.15. The van der Waals surface area contributed by atoms with Crippen molar-refractivity contribution < 1.29 is 19.0 Å². The molecule has 2 atom stereocenters. The third-order valence-corrected chi connectivity index (χ3v) is 3.82. The minimum Gasteiger partial charge on any atom is -0.445 e. The van der Waals surface area contributed by atoms with E-state index in [1.54, 1.807) is 4.90 Å². The molecule has 0 radical (unpaired) electrons. The van der Waals surface area contributed by atoms with Gasteiger partial charge in [-0.1, -0.05) is 35.4 Å². The highest BCUT2D eigenvalue weighted by Gasteiger charge is 2.30. The minimum absolute atomic E-state index is 0.126. The molecule has 0 spiro atoms. The van der Waals surface area contributed by atoms with Crippen LogP contribution in [-0.2, 0) is 20.8 Å². The van der Waals surface area contributed by atoms with Crippen molar-refractivity contribution >= 4 is 6.09 Å². The van der Waals surface area contributed by atoms with Crippen LogP contribution in [0.5, 0.6) is 0 Å². The lowest BCUT2D eigenvalue weighted by Crippen LogP contribution is -2.39. The lowest BCUT2D eigenvalue weighted by Gasteiger charge is -2.24. The average molecular weight is 334 g/mol. The van der Waals surface area contributed by atoms with Crippen LogP contribution in [0.1, 0.15) is 18.4 Å². The summed E-state index contributed by atoms with van der Waals surface area (Å²) in [5, 5.41) is 3.78. The molecule has 1 aromatic rings. The first-order chi connectivity index (χ1) is 11.7. The van der Waals surface area contributed by atoms with Gasteiger partial charge in [0, 0.05) is 25.1 Å². The second-order valence-corrected chi connectivity index (χ2v) is 5.51. The molecule has 24 heavy (non-hydrogen) atoms. The number of methoxy groups -OCH3 is 1. The highest BCUT2D eigenvalue weighted by molar-refractivity contribution is 5.67. The lowest BCUT2D eigenvalue weighted by molar-refractivity contribution is -0.0806. The predicted molar refractivity (Wildman–Crippen MR) is 87.1 cm³/mol. The second-order valence-electron chi connectivity index (χ2n) is 5.51. The van der Waals surface area contributed by atoms with Crippen LogP contribution < -0.4 is 0 Å². The molecule has 130 valence electrons. The molecule has 1 saturated heterocycles. The SMILES string of the molecule is COCO[C@H]1CCCN(C(=O)OCc2ccccc2)C[C@H]1N=[N+]=[N-]. The molecule has 0 aliphatic carbocycles. The Balaban J connectivity index is 1.94. The zero-order valence-electron chi connectivity index (χ0n) is 13.7. The highest BCUT2D eigenvalue weighted by Crippen LogP contribution is 2.19. The smallest absolute Gasteiger partial charge is 0.410 e. The first-order valence-corrected chi connectivity index (χ1v) is 7.85. The third kappa shape index (κ3) is 5.42. The Bertz CT molecular complexity index is 562. The van der Waals surface area contributed by atoms with E-state index in [9.17, 15) is 4.79 Å². The number of nitrogens with zero attached hydrogens (tertiary/aromatic N) is 4. The number of amides is 1. The van der Waals surface area contributed by atoms with Gasteiger partial charge in [-0.25, -0.2) is 4.79 Å². The van der Waals surface area contributed by atoms with Gasteiger partial charge >= 0.3 is 6.09 Å². The summed E-state index contributed by atoms with van der Waals surface area (Å²) in [4.78, 5) is 16.7. The van der Waals surface area contributed by atoms with Crippen molar-refractivity contribution in [3.8, 4) is 0 Å². The van der Waals surface area contributed by atoms with E-state index >= 15 is 0 Å². The number of azide groups is 1. The normalized spacial score (nSPS) is 20.8. The van der Waals surface area contributed by atoms with Crippen LogP contribution in [0, 0.1) is 0 Å². The van der Waals surface area contributed by atoms with Crippen molar-refractivity contribution in [2.75, 3.05) is 27.0 Å². The van der Waals surface area contributed by atoms with Gasteiger partial charge in [-0.15, -0.1) is 0 Å². The number of ether oxygens (including phenoxy) is 3. The van der Waals surface area contributed by atoms with Crippen molar-refractivity contribution in [1.29, 1.82) is 0 Å². The van der Waals surface area contributed by atoms with Crippen molar-refractivity contribution in [2.45, 2.75) is 31.6 Å². The van der Waals surface area contributed by atoms with Crippen molar-refractivity contribution in [1.82, 2.24) is 4.90 Å². The van der Waals surface area contributed by atoms with E-state index < -0.39 is 12.1 Å². The van der Waals surface area contributed by atoms with Crippen LogP contribution in [0.4, 0.5) is 4.79 Å². The van der Waals surface area contributed by atoms with E-state index in [-0.39, 0.29) is 26.0 Å². The van der Waals surface area contributed by atoms with Crippen molar-refractivity contribution in [2.24, 2.45) is 5.11 Å². The number of carbonyl (C=O) groups excluding carboxylic acids is 1. The quantitative estimate of drug-likeness (QED) is 0.345. The molecular weight excluding hydrogens is 312 g/mol. The molecule has 0 N–H and O–H groups in total. The molecule has 0 saturated carbocycles. The Labute approximate surface area is 140 Å². The van der Waals surface area contributed by atoms with E-state index in [2.05, 4.69) is 10.0 Å². The van der Waals surface area contributed by atoms with E-state index in [0.717, 1.165) is 12.0 Å². The molecule has 1 aliphatic heterocycles. The van der Waals surface area contributed by atoms with E-state index in [1.807, 2.05) is 30.3 Å². The highest BCUT2D eigenvalue weighted by atomic mass is 16.7. The summed E-state index contributed by atoms with van der Waals surface area (Å²) in [5.74, 6) is 0. The molecule has 8 nitrogen and oxygen atoms in total. The standard InChI is InChI=1S/C16H22N4O4/c1-22-12-24-15-8-5-9-20(10-14(15)18-19-17)16(21)23-11-13-6-3-2-4-7-13/h2-4,6-7,14-15H,5,8-12H2,1H3/t14-,15+/m1/s1. The van der Waals surface area contributed by atoms with Crippen LogP contribution in [-0.4, -0.2) is 50.1 Å². The number of benzene rings is 1. The number of rotatable bonds is 6. The molecule has 1 amide bonds. The lowest BCUT2D eigenvalue weighted by atomic mass is 10.1. The van der Waals surface area contributed by atoms with Gasteiger partial charge in [0.1, 0.15) is 13.4 Å². The third-order valence-electron chi connectivity index (χ3n) is 3.82. The number of hydrogen-bond donors (Lipinski definition) is 0. The summed E-state index contributed by atoms with van der Waals surface area (Å²) >= 11 is 0. The maximum Gasteiger partial charge on any atom is 0.410 e. The number of carbonyl (C=O) groups is 1. The van der Waals surface area contributed by atoms with Crippen LogP contribution >= 0.6 is 0 Å². The van der Waals surface area contributed by atoms with Crippen molar-refractivity contribution in [3.63, 3.8) is 0 Å². The fourth-order valence-electron chi connectivity index (χ4n) is 2.61. The molecule has 0 aromatic heterocycles. The Kier molecular flexibility index (Phi) is 7.35. The topological polar surface area (TPSA) is 96.8 Å². The minimum atomic E-state index is -0.461. The summed E-state index contributed by atoms with van der Waals surface area (Å²) in [5.41, 5.74) is 9.69. The van der Waals surface area contributed by atoms with E-state index in [4.69, 9.17) is 19.7 Å². The molecular formula is C16H22N4O4. The van der Waals surface area contributed by atoms with Gasteiger partial charge in [0.25, 0.3) is 0 Å². The second kappa shape index (κ2) is 9.77. The zero-order chi connectivity index (χ0) is 17.2. The fourth-order valence-corrected chi connectivity index (χ4v) is 2.61. The van der Waals surface area contributed by atoms with Crippen LogP contribution in [0.2, 0.25) is 0 Å². The van der Waals surface area contributed by atoms with Gasteiger partial charge < -0.3 is 19.1 Å². The average Bonchev–Trinajstić information content (AvgIpc) is 2.81. The Morgan fingerprint density at radius 1 is 1.42 bits per heavy atom. The van der Waals surface area contributed by atoms with Crippen LogP contribution in [0.3, 0.4) is 0 Å². The molecule has 2 rings (SSSR count). The fraction of sp³-hybridized carbons (Fsp3) is 0.562. The van der Waals surface area contributed by atoms with Gasteiger partial charge in [0.05, 0.1) is 12.1 Å². The van der Waals surface area contributed by atoms with Gasteiger partial charge in [-0.2, -0.15) is 0 Å². The first kappa shape index (κ1) is 18.1. The van der Waals surface area contributed by atoms with Gasteiger partial charge in [0.2, 0.25) is 0 Å². The van der Waals surface area contributed by atoms with Crippen LogP contribution in [0.15, 0.2) is 35.4 Å². The van der Waals surface area contributed by atoms with E-state index in [0.29, 0.717) is 13.0 Å². The Morgan fingerprint density at radius 3 is 2.92 bits per heavy atom. The monoisotopic (exact) mass is 334 g/mol. The molecule has 1 aliphatic rings. The molecule has 0 bridgehead atoms. The first-order valence-electron chi connectivity index (χ1n) is 7.85. The predicted octanol–water partition coefficient (Wildman–Crippen LogP) is 3.09. The molecule has 1 heterocycles. The van der Waals surface area contributed by atoms with Gasteiger partial charge in [0.15, 0.2) is 0 Å². The molecule has 8 heteroatoms. The summed E-state index contributed by atoms with van der Waals surface area (Å²) in [6.07, 6.45) is 0.749. The maximum absolute atomic E-state index is 12.3. The summed E-state index contributed by atoms with van der Waals surface area (Å²) < 4.78 is 15.8. The Morgan fingerprint density at radius 2 is 2.21 bits per heavy atom. The number of hydrogen-bond acceptors (Lipinski definition) is 5. The molecule has 1 aromatic carbocycles. The Hall–Kier alpha value is -2.28. The molecule has 1 fully saturated rings. The summed E-state index contributed by atoms with van der Waals surface area (Å²) in [7, 11) is 1.53. The van der Waals surface area contributed by atoms with E-state index in [1.165, 1.54) is 7.11 Å². The maximum atomic E-state index is 12.3. The zero-order valence-corrected chi connectivity index (χ0v) is 13.7. The summed E-state index contributed by atoms with van der Waals surface area (Å²) in [6, 6.07) is 9.02. The number of likely N-dealkylation sites (tertiary alicyclic amines) is 1. The largest absolute Gasteiger partial charge is 0.445 e. The van der Waals surface area contributed by atoms with Gasteiger partial charge in [-0.05, 0) is 23.9 Å². The van der Waals surface area contributed by atoms with Crippen molar-refractivity contribution in [3.05, 3.63) is 46.3 Å². The van der Waals surface area contributed by atoms with Gasteiger partial charge in [-0.3, -0.25) is 0 Å².